The summed E-state index contributed by atoms with van der Waals surface area (Å²) < 4.78 is 1.76. The lowest BCUT2D eigenvalue weighted by atomic mass is 10.1. The van der Waals surface area contributed by atoms with Gasteiger partial charge in [0.05, 0.1) is 12.8 Å². The zero-order valence-electron chi connectivity index (χ0n) is 14.1. The molecule has 2 N–H and O–H groups in total. The molecule has 0 radical (unpaired) electrons. The molecule has 0 aliphatic heterocycles. The van der Waals surface area contributed by atoms with Crippen LogP contribution in [0.5, 0.6) is 0 Å². The Balaban J connectivity index is 1.78. The molecule has 1 aromatic carbocycles. The number of amides is 1. The van der Waals surface area contributed by atoms with Gasteiger partial charge in [-0.2, -0.15) is 5.10 Å². The molecule has 0 saturated carbocycles. The van der Waals surface area contributed by atoms with Gasteiger partial charge in [-0.15, -0.1) is 0 Å². The van der Waals surface area contributed by atoms with Gasteiger partial charge in [0.15, 0.2) is 0 Å². The van der Waals surface area contributed by atoms with Crippen LogP contribution in [-0.2, 0) is 11.8 Å². The predicted molar refractivity (Wildman–Crippen MR) is 98.0 cm³/mol. The van der Waals surface area contributed by atoms with Crippen LogP contribution >= 0.6 is 0 Å². The predicted octanol–water partition coefficient (Wildman–Crippen LogP) is 2.90. The number of benzene rings is 1. The molecule has 0 bridgehead atoms. The largest absolute Gasteiger partial charge is 0.392 e. The quantitative estimate of drug-likeness (QED) is 0.678. The Labute approximate surface area is 145 Å². The highest BCUT2D eigenvalue weighted by Crippen LogP contribution is 2.25. The van der Waals surface area contributed by atoms with E-state index in [9.17, 15) is 4.79 Å². The Kier molecular flexibility index (Phi) is 4.90. The number of aliphatic hydroxyl groups is 1. The number of nitrogens with one attached hydrogen (secondary N) is 1. The second kappa shape index (κ2) is 7.27. The number of anilines is 1. The summed E-state index contributed by atoms with van der Waals surface area (Å²) in [7, 11) is 1.88. The number of carbonyl (C=O) groups excluding carboxylic acids is 1. The summed E-state index contributed by atoms with van der Waals surface area (Å²) in [5.41, 5.74) is 2.74. The average Bonchev–Trinajstić information content (AvgIpc) is 3.05. The molecule has 6 nitrogen and oxygen atoms in total. The summed E-state index contributed by atoms with van der Waals surface area (Å²) in [5.74, 6) is 0.361. The zero-order valence-corrected chi connectivity index (χ0v) is 14.1. The maximum atomic E-state index is 12.0. The highest BCUT2D eigenvalue weighted by molar-refractivity contribution is 5.94. The fourth-order valence-electron chi connectivity index (χ4n) is 2.53. The first-order valence-electron chi connectivity index (χ1n) is 8.01. The van der Waals surface area contributed by atoms with E-state index >= 15 is 0 Å². The number of hydrogen-bond donors (Lipinski definition) is 2. The third-order valence-corrected chi connectivity index (χ3v) is 3.96. The van der Waals surface area contributed by atoms with E-state index in [4.69, 9.17) is 5.11 Å². The van der Waals surface area contributed by atoms with Crippen molar-refractivity contribution in [2.45, 2.75) is 12.8 Å². The van der Waals surface area contributed by atoms with Crippen molar-refractivity contribution in [3.05, 3.63) is 55.0 Å². The smallest absolute Gasteiger partial charge is 0.225 e. The van der Waals surface area contributed by atoms with Crippen molar-refractivity contribution < 1.29 is 9.90 Å². The van der Waals surface area contributed by atoms with Crippen LogP contribution < -0.4 is 5.32 Å². The molecule has 2 heterocycles. The Morgan fingerprint density at radius 3 is 2.76 bits per heavy atom. The van der Waals surface area contributed by atoms with Crippen molar-refractivity contribution in [2.24, 2.45) is 7.05 Å². The Morgan fingerprint density at radius 1 is 1.20 bits per heavy atom. The summed E-state index contributed by atoms with van der Waals surface area (Å²) in [6.45, 7) is 3.58. The van der Waals surface area contributed by atoms with Crippen LogP contribution in [-0.4, -0.2) is 32.4 Å². The maximum Gasteiger partial charge on any atom is 0.225 e. The lowest BCUT2D eigenvalue weighted by Crippen LogP contribution is -2.12. The van der Waals surface area contributed by atoms with Crippen LogP contribution in [0.2, 0.25) is 0 Å². The normalized spacial score (nSPS) is 10.8. The number of nitrogens with zero attached hydrogens (tertiary/aromatic N) is 3. The molecule has 0 unspecified atom stereocenters. The second-order valence-corrected chi connectivity index (χ2v) is 5.99. The van der Waals surface area contributed by atoms with Crippen LogP contribution in [0, 0.1) is 0 Å². The van der Waals surface area contributed by atoms with Crippen molar-refractivity contribution in [3.8, 4) is 11.1 Å². The molecule has 6 heteroatoms. The molecular weight excluding hydrogens is 316 g/mol. The van der Waals surface area contributed by atoms with Gasteiger partial charge < -0.3 is 10.4 Å². The van der Waals surface area contributed by atoms with Gasteiger partial charge >= 0.3 is 0 Å². The van der Waals surface area contributed by atoms with Gasteiger partial charge in [0.2, 0.25) is 5.91 Å². The minimum Gasteiger partial charge on any atom is -0.392 e. The van der Waals surface area contributed by atoms with E-state index in [1.165, 1.54) is 0 Å². The van der Waals surface area contributed by atoms with E-state index < -0.39 is 0 Å². The average molecular weight is 336 g/mol. The molecule has 3 rings (SSSR count). The Hall–Kier alpha value is -2.99. The van der Waals surface area contributed by atoms with Gasteiger partial charge in [0.25, 0.3) is 0 Å². The van der Waals surface area contributed by atoms with Crippen molar-refractivity contribution in [1.29, 1.82) is 0 Å². The lowest BCUT2D eigenvalue weighted by molar-refractivity contribution is -0.116. The number of carbonyl (C=O) groups is 1. The van der Waals surface area contributed by atoms with Crippen LogP contribution in [0.4, 0.5) is 5.82 Å². The second-order valence-electron chi connectivity index (χ2n) is 5.99. The molecule has 0 saturated heterocycles. The van der Waals surface area contributed by atoms with Crippen molar-refractivity contribution >= 4 is 22.5 Å². The molecule has 1 amide bonds. The molecule has 0 fully saturated rings. The summed E-state index contributed by atoms with van der Waals surface area (Å²) in [5, 5.41) is 17.9. The van der Waals surface area contributed by atoms with Crippen molar-refractivity contribution in [2.75, 3.05) is 11.9 Å². The van der Waals surface area contributed by atoms with E-state index in [1.54, 1.807) is 10.9 Å². The summed E-state index contributed by atoms with van der Waals surface area (Å²) in [4.78, 5) is 16.3. The van der Waals surface area contributed by atoms with Crippen LogP contribution in [0.25, 0.3) is 21.9 Å². The minimum absolute atomic E-state index is 0.0986. The van der Waals surface area contributed by atoms with E-state index in [1.807, 2.05) is 37.6 Å². The van der Waals surface area contributed by atoms with Gasteiger partial charge in [0.1, 0.15) is 5.82 Å². The molecule has 3 aromatic rings. The third-order valence-electron chi connectivity index (χ3n) is 3.96. The molecule has 0 atom stereocenters. The molecule has 0 aliphatic rings. The molecule has 128 valence electrons. The lowest BCUT2D eigenvalue weighted by Gasteiger charge is -2.07. The topological polar surface area (TPSA) is 80.0 Å². The highest BCUT2D eigenvalue weighted by Gasteiger charge is 2.07. The SMILES string of the molecule is C=C(CO)CCC(=O)Nc1cc2cc(-c3cnn(C)c3)ccc2cn1. The Morgan fingerprint density at radius 2 is 2.04 bits per heavy atom. The monoisotopic (exact) mass is 336 g/mol. The van der Waals surface area contributed by atoms with Gasteiger partial charge in [-0.05, 0) is 29.5 Å². The summed E-state index contributed by atoms with van der Waals surface area (Å²) in [6, 6.07) is 7.94. The first-order chi connectivity index (χ1) is 12.0. The van der Waals surface area contributed by atoms with Crippen molar-refractivity contribution in [1.82, 2.24) is 14.8 Å². The first-order valence-corrected chi connectivity index (χ1v) is 8.01. The van der Waals surface area contributed by atoms with E-state index in [2.05, 4.69) is 28.0 Å². The Bertz CT molecular complexity index is 930. The number of fused-ring (bicyclic) bond motifs is 1. The van der Waals surface area contributed by atoms with Gasteiger partial charge in [-0.25, -0.2) is 4.98 Å². The van der Waals surface area contributed by atoms with Gasteiger partial charge in [-0.3, -0.25) is 9.48 Å². The van der Waals surface area contributed by atoms with Gasteiger partial charge in [0, 0.05) is 36.8 Å². The van der Waals surface area contributed by atoms with E-state index in [-0.39, 0.29) is 18.9 Å². The van der Waals surface area contributed by atoms with E-state index in [0.29, 0.717) is 17.8 Å². The minimum atomic E-state index is -0.148. The van der Waals surface area contributed by atoms with Crippen LogP contribution in [0.15, 0.2) is 55.0 Å². The van der Waals surface area contributed by atoms with E-state index in [0.717, 1.165) is 21.9 Å². The van der Waals surface area contributed by atoms with Gasteiger partial charge in [-0.1, -0.05) is 24.3 Å². The summed E-state index contributed by atoms with van der Waals surface area (Å²) >= 11 is 0. The molecule has 25 heavy (non-hydrogen) atoms. The molecular formula is C19H20N4O2. The standard InChI is InChI=1S/C19H20N4O2/c1-13(12-24)3-6-19(25)22-18-8-16-7-14(4-5-15(16)9-20-18)17-10-21-23(2)11-17/h4-5,7-11,24H,1,3,6,12H2,2H3,(H,20,22,25). The highest BCUT2D eigenvalue weighted by atomic mass is 16.3. The number of hydrogen-bond acceptors (Lipinski definition) is 4. The van der Waals surface area contributed by atoms with Crippen molar-refractivity contribution in [3.63, 3.8) is 0 Å². The maximum absolute atomic E-state index is 12.0. The number of aryl methyl sites for hydroxylation is 1. The fourth-order valence-corrected chi connectivity index (χ4v) is 2.53. The summed E-state index contributed by atoms with van der Waals surface area (Å²) in [6.07, 6.45) is 6.25. The fraction of sp³-hybridized carbons (Fsp3) is 0.211. The first kappa shape index (κ1) is 16.9. The number of pyridine rings is 1. The number of aliphatic hydroxyl groups excluding tert-OH is 1. The molecule has 2 aromatic heterocycles. The number of rotatable bonds is 6. The van der Waals surface area contributed by atoms with Crippen LogP contribution in [0.1, 0.15) is 12.8 Å². The van der Waals surface area contributed by atoms with Crippen LogP contribution in [0.3, 0.4) is 0 Å². The number of aromatic nitrogens is 3. The zero-order chi connectivity index (χ0) is 17.8. The molecule has 0 spiro atoms. The molecule has 0 aliphatic carbocycles. The third kappa shape index (κ3) is 4.10.